The quantitative estimate of drug-likeness (QED) is 0.726. The normalized spacial score (nSPS) is 12.6. The van der Waals surface area contributed by atoms with E-state index >= 15 is 0 Å². The van der Waals surface area contributed by atoms with Gasteiger partial charge in [0.15, 0.2) is 0 Å². The Hall–Kier alpha value is -1.31. The molecule has 1 aliphatic rings. The Morgan fingerprint density at radius 3 is 2.71 bits per heavy atom. The third kappa shape index (κ3) is 1.95. The summed E-state index contributed by atoms with van der Waals surface area (Å²) < 4.78 is 0. The van der Waals surface area contributed by atoms with Gasteiger partial charge in [-0.2, -0.15) is 0 Å². The van der Waals surface area contributed by atoms with E-state index in [1.54, 1.807) is 0 Å². The van der Waals surface area contributed by atoms with E-state index in [1.807, 2.05) is 13.8 Å². The molecule has 1 aromatic rings. The molecule has 0 spiro atoms. The molecule has 0 radical (unpaired) electrons. The van der Waals surface area contributed by atoms with E-state index in [4.69, 9.17) is 5.73 Å². The first kappa shape index (κ1) is 10.8. The minimum Gasteiger partial charge on any atom is -0.383 e. The van der Waals surface area contributed by atoms with E-state index in [9.17, 15) is 0 Å². The van der Waals surface area contributed by atoms with Crippen molar-refractivity contribution in [1.82, 2.24) is 0 Å². The number of hydrogen-bond donors (Lipinski definition) is 1. The smallest absolute Gasteiger partial charge is 0.126 e. The summed E-state index contributed by atoms with van der Waals surface area (Å²) in [6.45, 7) is 6.91. The Morgan fingerprint density at radius 1 is 1.36 bits per heavy atom. The Bertz CT molecular complexity index is 340. The van der Waals surface area contributed by atoms with E-state index in [1.165, 1.54) is 11.1 Å². The lowest BCUT2D eigenvalue weighted by Gasteiger charge is -2.01. The minimum absolute atomic E-state index is 0.688. The molecule has 0 saturated heterocycles. The molecule has 0 saturated carbocycles. The molecule has 0 amide bonds. The van der Waals surface area contributed by atoms with E-state index in [-0.39, 0.29) is 0 Å². The second-order valence-electron chi connectivity index (χ2n) is 3.05. The number of hydrogen-bond acceptors (Lipinski definition) is 2. The van der Waals surface area contributed by atoms with Crippen LogP contribution in [0.25, 0.3) is 0 Å². The lowest BCUT2D eigenvalue weighted by Crippen LogP contribution is -2.10. The van der Waals surface area contributed by atoms with E-state index in [0.29, 0.717) is 5.84 Å². The van der Waals surface area contributed by atoms with Crippen molar-refractivity contribution >= 4 is 5.84 Å². The first-order valence-electron chi connectivity index (χ1n) is 5.23. The van der Waals surface area contributed by atoms with Crippen molar-refractivity contribution in [3.8, 4) is 0 Å². The summed E-state index contributed by atoms with van der Waals surface area (Å²) in [5.74, 6) is 0.688. The maximum atomic E-state index is 5.69. The van der Waals surface area contributed by atoms with Crippen LogP contribution in [-0.2, 0) is 13.0 Å². The predicted molar refractivity (Wildman–Crippen MR) is 61.6 cm³/mol. The van der Waals surface area contributed by atoms with Crippen LogP contribution in [0, 0.1) is 0 Å². The lowest BCUT2D eigenvalue weighted by molar-refractivity contribution is 1.07. The fourth-order valence-corrected chi connectivity index (χ4v) is 1.50. The minimum atomic E-state index is 0.688. The fraction of sp³-hybridized carbons (Fsp3) is 0.417. The number of benzene rings is 1. The van der Waals surface area contributed by atoms with Gasteiger partial charge in [-0.1, -0.05) is 39.0 Å². The molecule has 2 nitrogen and oxygen atoms in total. The predicted octanol–water partition coefficient (Wildman–Crippen LogP) is 2.49. The zero-order valence-corrected chi connectivity index (χ0v) is 9.17. The van der Waals surface area contributed by atoms with Gasteiger partial charge in [0.25, 0.3) is 0 Å². The van der Waals surface area contributed by atoms with Crippen molar-refractivity contribution < 1.29 is 0 Å². The van der Waals surface area contributed by atoms with Crippen LogP contribution in [0.1, 0.15) is 37.5 Å². The number of nitrogens with zero attached hydrogens (tertiary/aromatic N) is 1. The monoisotopic (exact) mass is 190 g/mol. The summed E-state index contributed by atoms with van der Waals surface area (Å²) in [5, 5.41) is 0. The van der Waals surface area contributed by atoms with Crippen molar-refractivity contribution in [2.45, 2.75) is 33.7 Å². The maximum Gasteiger partial charge on any atom is 0.126 e. The van der Waals surface area contributed by atoms with Crippen LogP contribution >= 0.6 is 0 Å². The third-order valence-electron chi connectivity index (χ3n) is 2.27. The molecule has 0 atom stereocenters. The zero-order valence-electron chi connectivity index (χ0n) is 9.17. The highest BCUT2D eigenvalue weighted by atomic mass is 14.9. The second kappa shape index (κ2) is 4.80. The number of fused-ring (bicyclic) bond motifs is 1. The molecular formula is C12H18N2. The molecule has 1 heterocycles. The van der Waals surface area contributed by atoms with Crippen LogP contribution in [0.5, 0.6) is 0 Å². The van der Waals surface area contributed by atoms with E-state index in [0.717, 1.165) is 18.5 Å². The molecule has 0 aliphatic carbocycles. The Morgan fingerprint density at radius 2 is 2.07 bits per heavy atom. The highest BCUT2D eigenvalue weighted by Crippen LogP contribution is 2.18. The molecular weight excluding hydrogens is 172 g/mol. The molecule has 2 N–H and O–H groups in total. The van der Waals surface area contributed by atoms with Crippen LogP contribution in [0.2, 0.25) is 0 Å². The third-order valence-corrected chi connectivity index (χ3v) is 2.27. The van der Waals surface area contributed by atoms with Gasteiger partial charge in [-0.05, 0) is 17.5 Å². The summed E-state index contributed by atoms with van der Waals surface area (Å²) in [6, 6.07) is 6.38. The van der Waals surface area contributed by atoms with Crippen LogP contribution < -0.4 is 5.73 Å². The van der Waals surface area contributed by atoms with Crippen LogP contribution in [0.4, 0.5) is 0 Å². The summed E-state index contributed by atoms with van der Waals surface area (Å²) in [5.41, 5.74) is 9.44. The van der Waals surface area contributed by atoms with Gasteiger partial charge in [0.05, 0.1) is 6.54 Å². The average Bonchev–Trinajstić information content (AvgIpc) is 2.63. The Balaban J connectivity index is 0.000000461. The van der Waals surface area contributed by atoms with Crippen LogP contribution in [0.15, 0.2) is 23.2 Å². The van der Waals surface area contributed by atoms with Gasteiger partial charge < -0.3 is 5.73 Å². The zero-order chi connectivity index (χ0) is 10.6. The molecule has 0 unspecified atom stereocenters. The van der Waals surface area contributed by atoms with Crippen molar-refractivity contribution in [2.75, 3.05) is 0 Å². The lowest BCUT2D eigenvalue weighted by atomic mass is 10.0. The molecule has 1 aromatic carbocycles. The first-order chi connectivity index (χ1) is 6.81. The largest absolute Gasteiger partial charge is 0.383 e. The van der Waals surface area contributed by atoms with Gasteiger partial charge in [-0.25, -0.2) is 0 Å². The van der Waals surface area contributed by atoms with E-state index in [2.05, 4.69) is 30.1 Å². The number of nitrogens with two attached hydrogens (primary N) is 1. The van der Waals surface area contributed by atoms with Gasteiger partial charge >= 0.3 is 0 Å². The topological polar surface area (TPSA) is 38.4 Å². The molecule has 1 aliphatic heterocycles. The molecule has 76 valence electrons. The summed E-state index contributed by atoms with van der Waals surface area (Å²) in [7, 11) is 0. The standard InChI is InChI=1S/C10H12N2.C2H6/c1-2-7-3-4-9-8(5-7)6-12-10(9)11;1-2/h3-5H,2,6H2,1H3,(H2,11,12);1-2H3. The summed E-state index contributed by atoms with van der Waals surface area (Å²) in [4.78, 5) is 4.17. The Kier molecular flexibility index (Phi) is 3.69. The van der Waals surface area contributed by atoms with Gasteiger partial charge in [0, 0.05) is 5.56 Å². The number of aliphatic imine (C=N–C) groups is 1. The molecule has 14 heavy (non-hydrogen) atoms. The first-order valence-corrected chi connectivity index (χ1v) is 5.23. The number of amidine groups is 1. The average molecular weight is 190 g/mol. The van der Waals surface area contributed by atoms with Crippen molar-refractivity contribution in [1.29, 1.82) is 0 Å². The molecule has 2 rings (SSSR count). The van der Waals surface area contributed by atoms with Crippen molar-refractivity contribution in [2.24, 2.45) is 10.7 Å². The fourth-order valence-electron chi connectivity index (χ4n) is 1.50. The Labute approximate surface area is 85.9 Å². The highest BCUT2D eigenvalue weighted by Gasteiger charge is 2.11. The molecule has 0 bridgehead atoms. The highest BCUT2D eigenvalue weighted by molar-refractivity contribution is 6.00. The van der Waals surface area contributed by atoms with E-state index < -0.39 is 0 Å². The molecule has 2 heteroatoms. The van der Waals surface area contributed by atoms with Crippen LogP contribution in [-0.4, -0.2) is 5.84 Å². The number of rotatable bonds is 1. The van der Waals surface area contributed by atoms with Crippen molar-refractivity contribution in [3.63, 3.8) is 0 Å². The molecule has 0 aromatic heterocycles. The van der Waals surface area contributed by atoms with Gasteiger partial charge in [0.2, 0.25) is 0 Å². The summed E-state index contributed by atoms with van der Waals surface area (Å²) in [6.07, 6.45) is 1.08. The summed E-state index contributed by atoms with van der Waals surface area (Å²) >= 11 is 0. The van der Waals surface area contributed by atoms with Gasteiger partial charge in [0.1, 0.15) is 5.84 Å². The van der Waals surface area contributed by atoms with Gasteiger partial charge in [-0.3, -0.25) is 4.99 Å². The molecule has 0 fully saturated rings. The van der Waals surface area contributed by atoms with Crippen LogP contribution in [0.3, 0.4) is 0 Å². The van der Waals surface area contributed by atoms with Gasteiger partial charge in [-0.15, -0.1) is 0 Å². The number of aryl methyl sites for hydroxylation is 1. The van der Waals surface area contributed by atoms with Crippen molar-refractivity contribution in [3.05, 3.63) is 34.9 Å². The SMILES string of the molecule is CC.CCc1ccc2c(c1)CN=C2N. The second-order valence-corrected chi connectivity index (χ2v) is 3.05. The maximum absolute atomic E-state index is 5.69.